The molecule has 0 saturated carbocycles. The second-order valence-electron chi connectivity index (χ2n) is 18.3. The lowest BCUT2D eigenvalue weighted by atomic mass is 9.81. The third-order valence-corrected chi connectivity index (χ3v) is 14.3. The first kappa shape index (κ1) is 38.4. The molecule has 5 heteroatoms. The number of aromatic nitrogens is 2. The maximum Gasteiger partial charge on any atom is 0.160 e. The van der Waals surface area contributed by atoms with E-state index in [9.17, 15) is 0 Å². The van der Waals surface area contributed by atoms with Gasteiger partial charge in [0.2, 0.25) is 0 Å². The lowest BCUT2D eigenvalue weighted by Gasteiger charge is -2.33. The van der Waals surface area contributed by atoms with Gasteiger partial charge < -0.3 is 14.5 Å². The largest absolute Gasteiger partial charge is 0.342 e. The molecule has 0 radical (unpaired) electrons. The van der Waals surface area contributed by atoms with Gasteiger partial charge in [-0.2, -0.15) is 0 Å². The summed E-state index contributed by atoms with van der Waals surface area (Å²) in [4.78, 5) is 11.2. The minimum Gasteiger partial charge on any atom is -0.342 e. The van der Waals surface area contributed by atoms with Crippen LogP contribution in [0.25, 0.3) is 72.5 Å². The minimum atomic E-state index is -0.829. The van der Waals surface area contributed by atoms with E-state index >= 15 is 0 Å². The van der Waals surface area contributed by atoms with E-state index in [1.54, 1.807) is 0 Å². The second-order valence-corrected chi connectivity index (χ2v) is 18.3. The van der Waals surface area contributed by atoms with Crippen molar-refractivity contribution in [2.24, 2.45) is 9.98 Å². The Labute approximate surface area is 384 Å². The van der Waals surface area contributed by atoms with Crippen LogP contribution in [0.1, 0.15) is 65.1 Å². The Bertz CT molecular complexity index is 3660. The molecule has 5 nitrogen and oxygen atoms in total. The van der Waals surface area contributed by atoms with Gasteiger partial charge in [-0.25, -0.2) is 9.98 Å². The lowest BCUT2D eigenvalue weighted by Crippen LogP contribution is -2.46. The summed E-state index contributed by atoms with van der Waals surface area (Å²) in [6.07, 6.45) is 7.76. The summed E-state index contributed by atoms with van der Waals surface area (Å²) in [6, 6.07) is 68.2. The van der Waals surface area contributed by atoms with Crippen molar-refractivity contribution in [3.63, 3.8) is 0 Å². The summed E-state index contributed by atoms with van der Waals surface area (Å²) in [5, 5.41) is 7.57. The van der Waals surface area contributed by atoms with E-state index in [0.717, 1.165) is 80.7 Å². The molecule has 2 atom stereocenters. The van der Waals surface area contributed by atoms with Crippen molar-refractivity contribution in [1.82, 2.24) is 14.5 Å². The molecule has 1 N–H and O–H groups in total. The SMILES string of the molecule is CC1Cc2c(n(-c3ccc(C4=NC(C)(c5ccccc5)NC(c5cccc6c5c5ccccc5n6-c5ccccc5)=N4)c(-c4ccccc4)c3)c3cc4c(cc23)C=CCC4)-c2ccccc21. The van der Waals surface area contributed by atoms with E-state index in [4.69, 9.17) is 9.98 Å². The Hall–Kier alpha value is -8.02. The highest BCUT2D eigenvalue weighted by Gasteiger charge is 2.35. The van der Waals surface area contributed by atoms with Crippen LogP contribution in [0.3, 0.4) is 0 Å². The Kier molecular flexibility index (Phi) is 8.76. The molecule has 0 saturated heterocycles. The third kappa shape index (κ3) is 6.00. The van der Waals surface area contributed by atoms with E-state index in [2.05, 4.69) is 229 Å². The fourth-order valence-electron chi connectivity index (χ4n) is 11.2. The fourth-order valence-corrected chi connectivity index (χ4v) is 11.2. The number of hydrogen-bond acceptors (Lipinski definition) is 3. The molecular weight excluding hydrogens is 803 g/mol. The molecule has 2 aromatic heterocycles. The molecule has 8 aromatic carbocycles. The molecular formula is C61H47N5. The number of hydrogen-bond donors (Lipinski definition) is 1. The Balaban J connectivity index is 1.06. The highest BCUT2D eigenvalue weighted by Crippen LogP contribution is 2.47. The van der Waals surface area contributed by atoms with Crippen LogP contribution >= 0.6 is 0 Å². The number of aryl methyl sites for hydroxylation is 1. The van der Waals surface area contributed by atoms with Gasteiger partial charge >= 0.3 is 0 Å². The van der Waals surface area contributed by atoms with Gasteiger partial charge in [0.05, 0.1) is 22.2 Å². The summed E-state index contributed by atoms with van der Waals surface area (Å²) in [5.74, 6) is 1.89. The predicted octanol–water partition coefficient (Wildman–Crippen LogP) is 14.4. The average Bonchev–Trinajstić information content (AvgIpc) is 3.88. The summed E-state index contributed by atoms with van der Waals surface area (Å²) in [6.45, 7) is 4.55. The summed E-state index contributed by atoms with van der Waals surface area (Å²) < 4.78 is 4.92. The molecule has 13 rings (SSSR count). The van der Waals surface area contributed by atoms with Crippen LogP contribution in [0.15, 0.2) is 204 Å². The molecule has 1 aliphatic heterocycles. The Morgan fingerprint density at radius 3 is 2.17 bits per heavy atom. The number of para-hydroxylation sites is 2. The van der Waals surface area contributed by atoms with Gasteiger partial charge in [-0.1, -0.05) is 153 Å². The van der Waals surface area contributed by atoms with Crippen LogP contribution in [-0.2, 0) is 18.5 Å². The molecule has 2 aliphatic carbocycles. The molecule has 0 fully saturated rings. The highest BCUT2D eigenvalue weighted by atomic mass is 15.2. The monoisotopic (exact) mass is 849 g/mol. The molecule has 0 bridgehead atoms. The smallest absolute Gasteiger partial charge is 0.160 e. The standard InChI is InChI=1S/C61H47N5/c1-39-35-53-52-36-41-21-12-13-22-42(41)37-56(52)66(58(53)47-28-15-14-27-46(39)47)45-33-34-48(51(38-45)40-19-6-3-7-20-40)59-62-60(64-61(2,63-59)43-23-8-4-9-24-43)50-30-18-32-55-57(50)49-29-16-17-31-54(49)65(55)44-25-10-5-11-26-44/h3-12,14-21,23-34,36-39H,13,22,35H2,1-2H3,(H,62,63,64). The molecule has 10 aromatic rings. The zero-order valence-corrected chi connectivity index (χ0v) is 37.0. The van der Waals surface area contributed by atoms with Crippen molar-refractivity contribution >= 4 is 50.5 Å². The van der Waals surface area contributed by atoms with Gasteiger partial charge in [0.15, 0.2) is 11.5 Å². The summed E-state index contributed by atoms with van der Waals surface area (Å²) >= 11 is 0. The van der Waals surface area contributed by atoms with Crippen molar-refractivity contribution in [2.45, 2.75) is 44.7 Å². The fraction of sp³-hybridized carbons (Fsp3) is 0.115. The zero-order valence-electron chi connectivity index (χ0n) is 37.0. The number of nitrogens with zero attached hydrogens (tertiary/aromatic N) is 4. The van der Waals surface area contributed by atoms with Gasteiger partial charge in [0.25, 0.3) is 0 Å². The molecule has 0 spiro atoms. The normalized spacial score (nSPS) is 17.5. The third-order valence-electron chi connectivity index (χ3n) is 14.3. The number of benzene rings is 8. The lowest BCUT2D eigenvalue weighted by molar-refractivity contribution is 0.455. The zero-order chi connectivity index (χ0) is 43.9. The number of rotatable bonds is 6. The topological polar surface area (TPSA) is 46.6 Å². The number of allylic oxidation sites excluding steroid dienone is 1. The quantitative estimate of drug-likeness (QED) is 0.178. The van der Waals surface area contributed by atoms with Crippen LogP contribution in [-0.4, -0.2) is 20.8 Å². The van der Waals surface area contributed by atoms with E-state index in [1.807, 2.05) is 0 Å². The van der Waals surface area contributed by atoms with E-state index in [-0.39, 0.29) is 0 Å². The summed E-state index contributed by atoms with van der Waals surface area (Å²) in [5.41, 5.74) is 18.4. The average molecular weight is 850 g/mol. The molecule has 2 unspecified atom stereocenters. The number of amidine groups is 2. The van der Waals surface area contributed by atoms with Crippen molar-refractivity contribution in [2.75, 3.05) is 0 Å². The van der Waals surface area contributed by atoms with E-state index < -0.39 is 5.66 Å². The maximum absolute atomic E-state index is 5.61. The van der Waals surface area contributed by atoms with Crippen LogP contribution in [0.4, 0.5) is 0 Å². The molecule has 66 heavy (non-hydrogen) atoms. The van der Waals surface area contributed by atoms with Crippen molar-refractivity contribution in [3.05, 3.63) is 233 Å². The first-order valence-corrected chi connectivity index (χ1v) is 23.3. The maximum atomic E-state index is 5.61. The summed E-state index contributed by atoms with van der Waals surface area (Å²) in [7, 11) is 0. The van der Waals surface area contributed by atoms with E-state index in [1.165, 1.54) is 49.8 Å². The van der Waals surface area contributed by atoms with Crippen molar-refractivity contribution < 1.29 is 0 Å². The first-order chi connectivity index (χ1) is 32.5. The van der Waals surface area contributed by atoms with Crippen molar-refractivity contribution in [1.29, 1.82) is 0 Å². The number of nitrogens with one attached hydrogen (secondary N) is 1. The van der Waals surface area contributed by atoms with Gasteiger partial charge in [-0.3, -0.25) is 0 Å². The van der Waals surface area contributed by atoms with Gasteiger partial charge in [-0.15, -0.1) is 0 Å². The number of aliphatic imine (C=N–C) groups is 2. The van der Waals surface area contributed by atoms with Crippen LogP contribution < -0.4 is 5.32 Å². The predicted molar refractivity (Wildman–Crippen MR) is 274 cm³/mol. The van der Waals surface area contributed by atoms with Crippen LogP contribution in [0.2, 0.25) is 0 Å². The number of fused-ring (bicyclic) bond motifs is 9. The van der Waals surface area contributed by atoms with Gasteiger partial charge in [-0.05, 0) is 126 Å². The Morgan fingerprint density at radius 1 is 0.591 bits per heavy atom. The molecule has 3 aliphatic rings. The van der Waals surface area contributed by atoms with Crippen LogP contribution in [0.5, 0.6) is 0 Å². The first-order valence-electron chi connectivity index (χ1n) is 23.3. The second kappa shape index (κ2) is 15.0. The minimum absolute atomic E-state index is 0.422. The molecule has 316 valence electrons. The highest BCUT2D eigenvalue weighted by molar-refractivity contribution is 6.24. The molecule has 0 amide bonds. The van der Waals surface area contributed by atoms with Gasteiger partial charge in [0, 0.05) is 44.2 Å². The van der Waals surface area contributed by atoms with Crippen LogP contribution in [0, 0.1) is 0 Å². The Morgan fingerprint density at radius 2 is 1.32 bits per heavy atom. The van der Waals surface area contributed by atoms with Gasteiger partial charge in [0.1, 0.15) is 5.84 Å². The van der Waals surface area contributed by atoms with Crippen molar-refractivity contribution in [3.8, 4) is 33.8 Å². The molecule has 3 heterocycles. The van der Waals surface area contributed by atoms with E-state index in [0.29, 0.717) is 11.8 Å².